The Bertz CT molecular complexity index is 768. The van der Waals surface area contributed by atoms with Crippen LogP contribution in [-0.4, -0.2) is 12.7 Å². The second-order valence-corrected chi connectivity index (χ2v) is 10.5. The summed E-state index contributed by atoms with van der Waals surface area (Å²) in [5.74, 6) is 2.50. The van der Waals surface area contributed by atoms with Crippen molar-refractivity contribution in [1.29, 1.82) is 5.26 Å². The molecule has 0 spiro atoms. The highest BCUT2D eigenvalue weighted by atomic mass is 16.5. The summed E-state index contributed by atoms with van der Waals surface area (Å²) in [7, 11) is 1.83. The minimum absolute atomic E-state index is 0.134. The number of rotatable bonds is 11. The molecule has 0 atom stereocenters. The Balaban J connectivity index is 1.41. The Kier molecular flexibility index (Phi) is 10.7. The van der Waals surface area contributed by atoms with Crippen molar-refractivity contribution in [3.05, 3.63) is 59.7 Å². The monoisotopic (exact) mass is 447 g/mol. The van der Waals surface area contributed by atoms with E-state index in [1.54, 1.807) is 5.56 Å². The van der Waals surface area contributed by atoms with E-state index < -0.39 is 0 Å². The van der Waals surface area contributed by atoms with Gasteiger partial charge in [-0.25, -0.2) is 0 Å². The Morgan fingerprint density at radius 2 is 1.58 bits per heavy atom. The highest BCUT2D eigenvalue weighted by Gasteiger charge is 2.37. The van der Waals surface area contributed by atoms with Crippen molar-refractivity contribution < 1.29 is 4.74 Å². The van der Waals surface area contributed by atoms with E-state index in [4.69, 9.17) is 10.00 Å². The molecule has 2 saturated carbocycles. The van der Waals surface area contributed by atoms with Gasteiger partial charge < -0.3 is 4.74 Å². The molecule has 2 nitrogen and oxygen atoms in total. The van der Waals surface area contributed by atoms with Crippen LogP contribution in [0.1, 0.15) is 107 Å². The number of nitriles is 1. The third kappa shape index (κ3) is 7.86. The minimum Gasteiger partial charge on any atom is -0.374 e. The molecule has 2 fully saturated rings. The lowest BCUT2D eigenvalue weighted by Gasteiger charge is -2.42. The number of aryl methyl sites for hydroxylation is 1. The molecule has 0 saturated heterocycles. The molecule has 0 unspecified atom stereocenters. The van der Waals surface area contributed by atoms with Crippen LogP contribution < -0.4 is 0 Å². The summed E-state index contributed by atoms with van der Waals surface area (Å²) in [6, 6.07) is 11.7. The van der Waals surface area contributed by atoms with E-state index in [-0.39, 0.29) is 5.60 Å². The fraction of sp³-hybridized carbons (Fsp3) is 0.645. The van der Waals surface area contributed by atoms with E-state index in [9.17, 15) is 0 Å². The largest absolute Gasteiger partial charge is 0.374 e. The normalized spacial score (nSPS) is 28.3. The number of ether oxygens (including phenoxy) is 1. The van der Waals surface area contributed by atoms with E-state index >= 15 is 0 Å². The molecule has 2 heteroatoms. The standard InChI is InChI=1S/C31H45NO/c1-3-4-5-6-8-11-26-12-14-27(15-13-26)28-16-18-29(19-17-28)30-20-23-31(33-2,24-21-30)22-9-7-10-25-32/h7,9-10,12-15,22,28-30H,3-6,8,11,16-21,23-24H2,1-2H3/t28-,29-,30-,31+. The number of hydrogen-bond donors (Lipinski definition) is 0. The number of hydrogen-bond acceptors (Lipinski definition) is 2. The van der Waals surface area contributed by atoms with Crippen LogP contribution in [0.5, 0.6) is 0 Å². The fourth-order valence-corrected chi connectivity index (χ4v) is 6.18. The molecule has 0 N–H and O–H groups in total. The third-order valence-electron chi connectivity index (χ3n) is 8.42. The lowest BCUT2D eigenvalue weighted by Crippen LogP contribution is -2.36. The van der Waals surface area contributed by atoms with Gasteiger partial charge in [-0.3, -0.25) is 0 Å². The van der Waals surface area contributed by atoms with Crippen LogP contribution in [0.3, 0.4) is 0 Å². The highest BCUT2D eigenvalue weighted by molar-refractivity contribution is 5.26. The van der Waals surface area contributed by atoms with E-state index in [0.29, 0.717) is 0 Å². The van der Waals surface area contributed by atoms with Gasteiger partial charge >= 0.3 is 0 Å². The van der Waals surface area contributed by atoms with Crippen LogP contribution in [0.4, 0.5) is 0 Å². The van der Waals surface area contributed by atoms with Gasteiger partial charge in [0, 0.05) is 13.2 Å². The number of benzene rings is 1. The van der Waals surface area contributed by atoms with Crippen molar-refractivity contribution in [2.45, 2.75) is 108 Å². The first kappa shape index (κ1) is 25.8. The third-order valence-corrected chi connectivity index (χ3v) is 8.42. The molecule has 2 aliphatic carbocycles. The number of nitrogens with zero attached hydrogens (tertiary/aromatic N) is 1. The van der Waals surface area contributed by atoms with Crippen molar-refractivity contribution >= 4 is 0 Å². The molecule has 0 aliphatic heterocycles. The SMILES string of the molecule is CCCCCCCc1ccc([C@H]2CC[C@H]([C@H]3CC[C@@](C=CC=CC#N)(OC)CC3)CC2)cc1. The van der Waals surface area contributed by atoms with Gasteiger partial charge in [0.05, 0.1) is 11.7 Å². The van der Waals surface area contributed by atoms with E-state index in [1.807, 2.05) is 25.3 Å². The predicted molar refractivity (Wildman–Crippen MR) is 139 cm³/mol. The first-order valence-electron chi connectivity index (χ1n) is 13.6. The Labute approximate surface area is 203 Å². The molecule has 0 heterocycles. The van der Waals surface area contributed by atoms with Crippen molar-refractivity contribution in [2.75, 3.05) is 7.11 Å². The summed E-state index contributed by atoms with van der Waals surface area (Å²) < 4.78 is 5.92. The molecular formula is C31H45NO. The van der Waals surface area contributed by atoms with Gasteiger partial charge in [0.2, 0.25) is 0 Å². The average molecular weight is 448 g/mol. The van der Waals surface area contributed by atoms with Crippen LogP contribution in [0.2, 0.25) is 0 Å². The maximum absolute atomic E-state index is 8.66. The average Bonchev–Trinajstić information content (AvgIpc) is 2.87. The predicted octanol–water partition coefficient (Wildman–Crippen LogP) is 8.68. The summed E-state index contributed by atoms with van der Waals surface area (Å²) in [5, 5.41) is 8.66. The molecule has 0 bridgehead atoms. The zero-order chi connectivity index (χ0) is 23.4. The summed E-state index contributed by atoms with van der Waals surface area (Å²) in [6.07, 6.45) is 25.7. The van der Waals surface area contributed by atoms with Gasteiger partial charge in [0.25, 0.3) is 0 Å². The zero-order valence-corrected chi connectivity index (χ0v) is 21.1. The quantitative estimate of drug-likeness (QED) is 0.193. The summed E-state index contributed by atoms with van der Waals surface area (Å²) in [6.45, 7) is 2.28. The number of allylic oxidation sites excluding steroid dienone is 3. The van der Waals surface area contributed by atoms with Crippen molar-refractivity contribution in [3.63, 3.8) is 0 Å². The summed E-state index contributed by atoms with van der Waals surface area (Å²) in [4.78, 5) is 0. The molecule has 3 rings (SSSR count). The summed E-state index contributed by atoms with van der Waals surface area (Å²) >= 11 is 0. The molecule has 0 aromatic heterocycles. The van der Waals surface area contributed by atoms with Gasteiger partial charge in [0.1, 0.15) is 0 Å². The molecule has 2 aliphatic rings. The molecule has 33 heavy (non-hydrogen) atoms. The van der Waals surface area contributed by atoms with Crippen LogP contribution in [0.15, 0.2) is 48.6 Å². The number of methoxy groups -OCH3 is 1. The van der Waals surface area contributed by atoms with E-state index in [1.165, 1.54) is 88.7 Å². The smallest absolute Gasteiger partial charge is 0.0912 e. The number of unbranched alkanes of at least 4 members (excludes halogenated alkanes) is 4. The Morgan fingerprint density at radius 1 is 0.909 bits per heavy atom. The Hall–Kier alpha value is -1.85. The van der Waals surface area contributed by atoms with Crippen LogP contribution in [0, 0.1) is 23.2 Å². The highest BCUT2D eigenvalue weighted by Crippen LogP contribution is 2.45. The summed E-state index contributed by atoms with van der Waals surface area (Å²) in [5.41, 5.74) is 2.95. The second kappa shape index (κ2) is 13.8. The molecular weight excluding hydrogens is 402 g/mol. The molecule has 180 valence electrons. The van der Waals surface area contributed by atoms with E-state index in [2.05, 4.69) is 37.3 Å². The lowest BCUT2D eigenvalue weighted by molar-refractivity contribution is -0.0193. The Morgan fingerprint density at radius 3 is 2.21 bits per heavy atom. The van der Waals surface area contributed by atoms with Crippen LogP contribution in [0.25, 0.3) is 0 Å². The topological polar surface area (TPSA) is 33.0 Å². The molecule has 0 radical (unpaired) electrons. The van der Waals surface area contributed by atoms with Gasteiger partial charge in [-0.2, -0.15) is 5.26 Å². The molecule has 0 amide bonds. The van der Waals surface area contributed by atoms with Crippen LogP contribution >= 0.6 is 0 Å². The van der Waals surface area contributed by atoms with Crippen molar-refractivity contribution in [1.82, 2.24) is 0 Å². The first-order chi connectivity index (χ1) is 16.2. The first-order valence-corrected chi connectivity index (χ1v) is 13.6. The zero-order valence-electron chi connectivity index (χ0n) is 21.1. The molecule has 1 aromatic carbocycles. The fourth-order valence-electron chi connectivity index (χ4n) is 6.18. The maximum atomic E-state index is 8.66. The van der Waals surface area contributed by atoms with Gasteiger partial charge in [-0.15, -0.1) is 0 Å². The van der Waals surface area contributed by atoms with Gasteiger partial charge in [-0.1, -0.05) is 75.1 Å². The second-order valence-electron chi connectivity index (χ2n) is 10.5. The van der Waals surface area contributed by atoms with Crippen LogP contribution in [-0.2, 0) is 11.2 Å². The lowest BCUT2D eigenvalue weighted by atomic mass is 9.67. The maximum Gasteiger partial charge on any atom is 0.0912 e. The van der Waals surface area contributed by atoms with Gasteiger partial charge in [-0.05, 0) is 93.1 Å². The van der Waals surface area contributed by atoms with E-state index in [0.717, 1.165) is 30.6 Å². The van der Waals surface area contributed by atoms with Crippen molar-refractivity contribution in [2.24, 2.45) is 11.8 Å². The van der Waals surface area contributed by atoms with Gasteiger partial charge in [0.15, 0.2) is 0 Å². The molecule has 1 aromatic rings. The minimum atomic E-state index is -0.134. The van der Waals surface area contributed by atoms with Crippen molar-refractivity contribution in [3.8, 4) is 6.07 Å².